The summed E-state index contributed by atoms with van der Waals surface area (Å²) in [4.78, 5) is 0. The summed E-state index contributed by atoms with van der Waals surface area (Å²) >= 11 is 4.97. The van der Waals surface area contributed by atoms with Gasteiger partial charge in [0.15, 0.2) is 5.11 Å². The van der Waals surface area contributed by atoms with Gasteiger partial charge in [0.2, 0.25) is 0 Å². The van der Waals surface area contributed by atoms with E-state index in [2.05, 4.69) is 10.7 Å². The van der Waals surface area contributed by atoms with Gasteiger partial charge in [-0.3, -0.25) is 5.01 Å². The maximum atomic E-state index is 5.30. The molecule has 4 N–H and O–H groups in total. The molecule has 10 heavy (non-hydrogen) atoms. The van der Waals surface area contributed by atoms with Gasteiger partial charge in [-0.25, -0.2) is 5.43 Å². The van der Waals surface area contributed by atoms with Crippen molar-refractivity contribution in [2.24, 2.45) is 5.73 Å². The highest BCUT2D eigenvalue weighted by atomic mass is 32.1. The molecule has 0 aromatic rings. The van der Waals surface area contributed by atoms with Crippen LogP contribution in [0.25, 0.3) is 0 Å². The molecule has 1 aliphatic rings. The van der Waals surface area contributed by atoms with Crippen LogP contribution < -0.4 is 16.5 Å². The Morgan fingerprint density at radius 2 is 2.60 bits per heavy atom. The van der Waals surface area contributed by atoms with Gasteiger partial charge in [-0.15, -0.1) is 0 Å². The zero-order valence-electron chi connectivity index (χ0n) is 5.76. The van der Waals surface area contributed by atoms with Crippen molar-refractivity contribution >= 4 is 17.3 Å². The van der Waals surface area contributed by atoms with Crippen molar-refractivity contribution in [3.8, 4) is 0 Å². The summed E-state index contributed by atoms with van der Waals surface area (Å²) in [6, 6.07) is 0. The predicted molar refractivity (Wildman–Crippen MR) is 44.4 cm³/mol. The fourth-order valence-electron chi connectivity index (χ4n) is 0.822. The smallest absolute Gasteiger partial charge is 0.183 e. The van der Waals surface area contributed by atoms with Crippen molar-refractivity contribution in [2.75, 3.05) is 26.2 Å². The Morgan fingerprint density at radius 3 is 3.10 bits per heavy atom. The van der Waals surface area contributed by atoms with Gasteiger partial charge in [0.1, 0.15) is 0 Å². The van der Waals surface area contributed by atoms with Gasteiger partial charge in [0.25, 0.3) is 0 Å². The van der Waals surface area contributed by atoms with Crippen molar-refractivity contribution < 1.29 is 0 Å². The van der Waals surface area contributed by atoms with E-state index in [0.717, 1.165) is 24.7 Å². The van der Waals surface area contributed by atoms with E-state index in [1.807, 2.05) is 5.01 Å². The number of hydrogen-bond acceptors (Lipinski definition) is 3. The van der Waals surface area contributed by atoms with E-state index in [-0.39, 0.29) is 0 Å². The fraction of sp³-hybridized carbons (Fsp3) is 0.800. The van der Waals surface area contributed by atoms with Crippen molar-refractivity contribution in [1.82, 2.24) is 15.8 Å². The molecule has 0 aromatic carbocycles. The molecule has 1 saturated heterocycles. The first kappa shape index (κ1) is 7.71. The normalized spacial score (nSPS) is 17.7. The summed E-state index contributed by atoms with van der Waals surface area (Å²) < 4.78 is 0. The second-order valence-corrected chi connectivity index (χ2v) is 2.47. The molecule has 0 bridgehead atoms. The first-order chi connectivity index (χ1) is 4.84. The highest BCUT2D eigenvalue weighted by Crippen LogP contribution is 1.90. The number of nitrogens with two attached hydrogens (primary N) is 1. The molecule has 1 fully saturated rings. The van der Waals surface area contributed by atoms with Crippen LogP contribution in [0.1, 0.15) is 0 Å². The van der Waals surface area contributed by atoms with Crippen LogP contribution in [-0.4, -0.2) is 36.3 Å². The lowest BCUT2D eigenvalue weighted by molar-refractivity contribution is 0.347. The van der Waals surface area contributed by atoms with Gasteiger partial charge in [-0.05, 0) is 12.2 Å². The number of rotatable bonds is 3. The zero-order chi connectivity index (χ0) is 7.40. The van der Waals surface area contributed by atoms with Crippen LogP contribution in [0.5, 0.6) is 0 Å². The van der Waals surface area contributed by atoms with E-state index < -0.39 is 0 Å². The summed E-state index contributed by atoms with van der Waals surface area (Å²) in [5.41, 5.74) is 8.38. The molecule has 0 radical (unpaired) electrons. The Balaban J connectivity index is 2.20. The van der Waals surface area contributed by atoms with Gasteiger partial charge in [0, 0.05) is 19.6 Å². The average molecular weight is 160 g/mol. The lowest BCUT2D eigenvalue weighted by Gasteiger charge is -2.16. The fourth-order valence-corrected chi connectivity index (χ4v) is 1.08. The molecule has 4 nitrogen and oxygen atoms in total. The molecule has 0 spiro atoms. The van der Waals surface area contributed by atoms with Gasteiger partial charge >= 0.3 is 0 Å². The third-order valence-electron chi connectivity index (χ3n) is 1.30. The van der Waals surface area contributed by atoms with Gasteiger partial charge in [-0.2, -0.15) is 0 Å². The van der Waals surface area contributed by atoms with E-state index in [4.69, 9.17) is 18.0 Å². The highest BCUT2D eigenvalue weighted by molar-refractivity contribution is 7.80. The Hall–Kier alpha value is -0.390. The Labute approximate surface area is 65.7 Å². The summed E-state index contributed by atoms with van der Waals surface area (Å²) in [6.45, 7) is 3.27. The first-order valence-electron chi connectivity index (χ1n) is 3.33. The van der Waals surface area contributed by atoms with Crippen LogP contribution in [0.15, 0.2) is 0 Å². The lowest BCUT2D eigenvalue weighted by atomic mass is 10.6. The molecular formula is C5H12N4S. The van der Waals surface area contributed by atoms with Crippen LogP contribution >= 0.6 is 12.2 Å². The predicted octanol–water partition coefficient (Wildman–Crippen LogP) is -1.36. The van der Waals surface area contributed by atoms with E-state index in [1.165, 1.54) is 0 Å². The maximum Gasteiger partial charge on any atom is 0.183 e. The Bertz CT molecular complexity index is 127. The molecule has 1 aliphatic heterocycles. The molecule has 5 heteroatoms. The molecule has 0 aliphatic carbocycles. The molecule has 1 rings (SSSR count). The summed E-state index contributed by atoms with van der Waals surface area (Å²) in [7, 11) is 0. The molecule has 58 valence electrons. The molecule has 0 amide bonds. The van der Waals surface area contributed by atoms with E-state index in [1.54, 1.807) is 0 Å². The number of nitrogens with zero attached hydrogens (tertiary/aromatic N) is 1. The third-order valence-corrected chi connectivity index (χ3v) is 1.67. The second-order valence-electron chi connectivity index (χ2n) is 2.08. The van der Waals surface area contributed by atoms with Crippen molar-refractivity contribution in [3.05, 3.63) is 0 Å². The SMILES string of the molecule is NCCNN1CCNC1=S. The monoisotopic (exact) mass is 160 g/mol. The van der Waals surface area contributed by atoms with Crippen molar-refractivity contribution in [3.63, 3.8) is 0 Å². The van der Waals surface area contributed by atoms with E-state index in [9.17, 15) is 0 Å². The lowest BCUT2D eigenvalue weighted by Crippen LogP contribution is -2.42. The Kier molecular flexibility index (Phi) is 2.85. The molecule has 1 heterocycles. The van der Waals surface area contributed by atoms with Gasteiger partial charge in [-0.1, -0.05) is 0 Å². The average Bonchev–Trinajstić information content (AvgIpc) is 2.31. The Morgan fingerprint density at radius 1 is 1.80 bits per heavy atom. The minimum atomic E-state index is 0.638. The summed E-state index contributed by atoms with van der Waals surface area (Å²) in [5.74, 6) is 0. The summed E-state index contributed by atoms with van der Waals surface area (Å²) in [5, 5.41) is 5.71. The number of nitrogens with one attached hydrogen (secondary N) is 2. The molecule has 0 aromatic heterocycles. The number of hydrogen-bond donors (Lipinski definition) is 3. The van der Waals surface area contributed by atoms with Crippen molar-refractivity contribution in [2.45, 2.75) is 0 Å². The van der Waals surface area contributed by atoms with Crippen LogP contribution in [0.2, 0.25) is 0 Å². The van der Waals surface area contributed by atoms with Gasteiger partial charge < -0.3 is 11.1 Å². The summed E-state index contributed by atoms with van der Waals surface area (Å²) in [6.07, 6.45) is 0. The molecular weight excluding hydrogens is 148 g/mol. The topological polar surface area (TPSA) is 53.3 Å². The van der Waals surface area contributed by atoms with Crippen molar-refractivity contribution in [1.29, 1.82) is 0 Å². The number of thiocarbonyl (C=S) groups is 1. The minimum Gasteiger partial charge on any atom is -0.360 e. The van der Waals surface area contributed by atoms with E-state index in [0.29, 0.717) is 6.54 Å². The van der Waals surface area contributed by atoms with Gasteiger partial charge in [0.05, 0.1) is 6.54 Å². The largest absolute Gasteiger partial charge is 0.360 e. The maximum absolute atomic E-state index is 5.30. The molecule has 0 saturated carbocycles. The zero-order valence-corrected chi connectivity index (χ0v) is 6.58. The van der Waals surface area contributed by atoms with Crippen LogP contribution in [0.3, 0.4) is 0 Å². The molecule has 0 unspecified atom stereocenters. The van der Waals surface area contributed by atoms with Crippen LogP contribution in [0, 0.1) is 0 Å². The first-order valence-corrected chi connectivity index (χ1v) is 3.74. The van der Waals surface area contributed by atoms with Crippen LogP contribution in [0.4, 0.5) is 0 Å². The third kappa shape index (κ3) is 1.80. The van der Waals surface area contributed by atoms with Crippen LogP contribution in [-0.2, 0) is 0 Å². The molecule has 0 atom stereocenters. The second kappa shape index (κ2) is 3.70. The minimum absolute atomic E-state index is 0.638. The quantitative estimate of drug-likeness (QED) is 0.445. The highest BCUT2D eigenvalue weighted by Gasteiger charge is 2.13. The van der Waals surface area contributed by atoms with E-state index >= 15 is 0 Å². The standard InChI is InChI=1S/C5H12N4S/c6-1-2-8-9-4-3-7-5(9)10/h8H,1-4,6H2,(H,7,10). The number of hydrazine groups is 1.